The lowest BCUT2D eigenvalue weighted by molar-refractivity contribution is 0.387. The summed E-state index contributed by atoms with van der Waals surface area (Å²) >= 11 is 0. The molecule has 1 atom stereocenters. The summed E-state index contributed by atoms with van der Waals surface area (Å²) < 4.78 is 23.8. The zero-order chi connectivity index (χ0) is 15.2. The van der Waals surface area contributed by atoms with Crippen molar-refractivity contribution in [1.29, 1.82) is 0 Å². The molecule has 2 N–H and O–H groups in total. The monoisotopic (exact) mass is 294 g/mol. The Kier molecular flexibility index (Phi) is 5.10. The number of nitrogens with one attached hydrogen (secondary N) is 2. The van der Waals surface area contributed by atoms with Gasteiger partial charge in [0.05, 0.1) is 13.2 Å². The van der Waals surface area contributed by atoms with Crippen LogP contribution in [0.15, 0.2) is 22.6 Å². The van der Waals surface area contributed by atoms with Crippen molar-refractivity contribution in [3.8, 4) is 5.75 Å². The Morgan fingerprint density at radius 1 is 1.38 bits per heavy atom. The third-order valence-corrected chi connectivity index (χ3v) is 2.91. The van der Waals surface area contributed by atoms with E-state index < -0.39 is 5.82 Å². The standard InChI is InChI=1S/C14H19FN4O2/c1-4-7-16-9(2)13-18-19-14(21-13)17-10-5-6-11(15)12(8-10)20-3/h5-6,8-9,16H,4,7H2,1-3H3,(H,17,19). The second kappa shape index (κ2) is 7.03. The third-order valence-electron chi connectivity index (χ3n) is 2.91. The van der Waals surface area contributed by atoms with Crippen LogP contribution in [0.25, 0.3) is 0 Å². The Morgan fingerprint density at radius 2 is 2.19 bits per heavy atom. The minimum atomic E-state index is -0.424. The first kappa shape index (κ1) is 15.2. The van der Waals surface area contributed by atoms with Crippen LogP contribution in [0, 0.1) is 5.82 Å². The number of rotatable bonds is 7. The molecule has 2 rings (SSSR count). The van der Waals surface area contributed by atoms with E-state index in [1.165, 1.54) is 19.2 Å². The molecule has 1 heterocycles. The zero-order valence-corrected chi connectivity index (χ0v) is 12.3. The summed E-state index contributed by atoms with van der Waals surface area (Å²) in [5.74, 6) is 0.226. The number of nitrogens with zero attached hydrogens (tertiary/aromatic N) is 2. The second-order valence-electron chi connectivity index (χ2n) is 4.60. The number of benzene rings is 1. The van der Waals surface area contributed by atoms with E-state index >= 15 is 0 Å². The van der Waals surface area contributed by atoms with E-state index in [9.17, 15) is 4.39 Å². The maximum absolute atomic E-state index is 13.3. The molecule has 1 aromatic heterocycles. The Labute approximate surface area is 122 Å². The Bertz CT molecular complexity index is 588. The van der Waals surface area contributed by atoms with Crippen LogP contribution >= 0.6 is 0 Å². The Hall–Kier alpha value is -2.15. The fourth-order valence-corrected chi connectivity index (χ4v) is 1.77. The summed E-state index contributed by atoms with van der Waals surface area (Å²) in [5, 5.41) is 14.1. The van der Waals surface area contributed by atoms with Crippen LogP contribution in [-0.4, -0.2) is 23.9 Å². The first-order valence-corrected chi connectivity index (χ1v) is 6.81. The molecular weight excluding hydrogens is 275 g/mol. The van der Waals surface area contributed by atoms with Gasteiger partial charge in [-0.1, -0.05) is 12.0 Å². The predicted octanol–water partition coefficient (Wildman–Crippen LogP) is 3.02. The number of hydrogen-bond donors (Lipinski definition) is 2. The van der Waals surface area contributed by atoms with Crippen molar-refractivity contribution in [1.82, 2.24) is 15.5 Å². The molecule has 1 unspecified atom stereocenters. The highest BCUT2D eigenvalue weighted by Gasteiger charge is 2.13. The van der Waals surface area contributed by atoms with E-state index in [2.05, 4.69) is 27.8 Å². The topological polar surface area (TPSA) is 72.2 Å². The van der Waals surface area contributed by atoms with Crippen molar-refractivity contribution in [3.05, 3.63) is 29.9 Å². The summed E-state index contributed by atoms with van der Waals surface area (Å²) in [4.78, 5) is 0. The van der Waals surface area contributed by atoms with Crippen molar-refractivity contribution in [2.75, 3.05) is 19.0 Å². The van der Waals surface area contributed by atoms with Crippen LogP contribution in [-0.2, 0) is 0 Å². The van der Waals surface area contributed by atoms with Gasteiger partial charge in [0, 0.05) is 11.8 Å². The average molecular weight is 294 g/mol. The van der Waals surface area contributed by atoms with Gasteiger partial charge < -0.3 is 19.8 Å². The Morgan fingerprint density at radius 3 is 2.90 bits per heavy atom. The highest BCUT2D eigenvalue weighted by Crippen LogP contribution is 2.24. The number of ether oxygens (including phenoxy) is 1. The van der Waals surface area contributed by atoms with Crippen LogP contribution in [0.1, 0.15) is 32.2 Å². The molecule has 0 bridgehead atoms. The maximum atomic E-state index is 13.3. The van der Waals surface area contributed by atoms with Crippen LogP contribution in [0.3, 0.4) is 0 Å². The second-order valence-corrected chi connectivity index (χ2v) is 4.60. The van der Waals surface area contributed by atoms with E-state index in [1.54, 1.807) is 6.07 Å². The number of aromatic nitrogens is 2. The van der Waals surface area contributed by atoms with Crippen molar-refractivity contribution in [3.63, 3.8) is 0 Å². The molecule has 0 aliphatic heterocycles. The fraction of sp³-hybridized carbons (Fsp3) is 0.429. The summed E-state index contributed by atoms with van der Waals surface area (Å²) in [5.41, 5.74) is 0.609. The lowest BCUT2D eigenvalue weighted by Crippen LogP contribution is -2.19. The van der Waals surface area contributed by atoms with Crippen molar-refractivity contribution in [2.24, 2.45) is 0 Å². The van der Waals surface area contributed by atoms with Crippen LogP contribution in [0.2, 0.25) is 0 Å². The molecule has 0 radical (unpaired) electrons. The molecule has 114 valence electrons. The number of anilines is 2. The van der Waals surface area contributed by atoms with Crippen molar-refractivity contribution in [2.45, 2.75) is 26.3 Å². The largest absolute Gasteiger partial charge is 0.494 e. The van der Waals surface area contributed by atoms with Gasteiger partial charge in [-0.05, 0) is 32.0 Å². The normalized spacial score (nSPS) is 12.2. The summed E-state index contributed by atoms with van der Waals surface area (Å²) in [6.45, 7) is 4.91. The molecule has 1 aromatic carbocycles. The van der Waals surface area contributed by atoms with Gasteiger partial charge in [-0.25, -0.2) is 4.39 Å². The molecule has 0 fully saturated rings. The van der Waals surface area contributed by atoms with Crippen LogP contribution < -0.4 is 15.4 Å². The highest BCUT2D eigenvalue weighted by molar-refractivity contribution is 5.55. The first-order chi connectivity index (χ1) is 10.1. The van der Waals surface area contributed by atoms with Crippen molar-refractivity contribution >= 4 is 11.7 Å². The number of halogens is 1. The van der Waals surface area contributed by atoms with Crippen LogP contribution in [0.5, 0.6) is 5.75 Å². The van der Waals surface area contributed by atoms with Crippen molar-refractivity contribution < 1.29 is 13.5 Å². The van der Waals surface area contributed by atoms with E-state index in [0.717, 1.165) is 13.0 Å². The molecule has 21 heavy (non-hydrogen) atoms. The molecule has 0 aliphatic rings. The molecule has 2 aromatic rings. The molecular formula is C14H19FN4O2. The molecule has 6 nitrogen and oxygen atoms in total. The SMILES string of the molecule is CCCNC(C)c1nnc(Nc2ccc(F)c(OC)c2)o1. The molecule has 0 saturated carbocycles. The number of methoxy groups -OCH3 is 1. The van der Waals surface area contributed by atoms with E-state index in [-0.39, 0.29) is 17.8 Å². The lowest BCUT2D eigenvalue weighted by Gasteiger charge is -2.08. The van der Waals surface area contributed by atoms with Gasteiger partial charge in [-0.2, -0.15) is 0 Å². The van der Waals surface area contributed by atoms with Gasteiger partial charge >= 0.3 is 6.01 Å². The maximum Gasteiger partial charge on any atom is 0.320 e. The molecule has 0 amide bonds. The summed E-state index contributed by atoms with van der Waals surface area (Å²) in [6, 6.07) is 4.64. The zero-order valence-electron chi connectivity index (χ0n) is 12.3. The quantitative estimate of drug-likeness (QED) is 0.818. The average Bonchev–Trinajstić information content (AvgIpc) is 2.95. The van der Waals surface area contributed by atoms with Gasteiger partial charge in [0.2, 0.25) is 5.89 Å². The minimum absolute atomic E-state index is 0.0178. The van der Waals surface area contributed by atoms with E-state index in [0.29, 0.717) is 11.6 Å². The first-order valence-electron chi connectivity index (χ1n) is 6.81. The van der Waals surface area contributed by atoms with Gasteiger partial charge in [0.15, 0.2) is 11.6 Å². The Balaban J connectivity index is 2.05. The molecule has 7 heteroatoms. The van der Waals surface area contributed by atoms with Gasteiger partial charge in [-0.3, -0.25) is 0 Å². The predicted molar refractivity (Wildman–Crippen MR) is 77.2 cm³/mol. The molecule has 0 aliphatic carbocycles. The minimum Gasteiger partial charge on any atom is -0.494 e. The highest BCUT2D eigenvalue weighted by atomic mass is 19.1. The smallest absolute Gasteiger partial charge is 0.320 e. The third kappa shape index (κ3) is 3.91. The lowest BCUT2D eigenvalue weighted by atomic mass is 10.3. The molecule has 0 saturated heterocycles. The van der Waals surface area contributed by atoms with Gasteiger partial charge in [0.25, 0.3) is 0 Å². The van der Waals surface area contributed by atoms with E-state index in [4.69, 9.17) is 9.15 Å². The van der Waals surface area contributed by atoms with Gasteiger partial charge in [0.1, 0.15) is 0 Å². The summed E-state index contributed by atoms with van der Waals surface area (Å²) in [7, 11) is 1.41. The molecule has 0 spiro atoms. The fourth-order valence-electron chi connectivity index (χ4n) is 1.77. The van der Waals surface area contributed by atoms with Gasteiger partial charge in [-0.15, -0.1) is 5.10 Å². The summed E-state index contributed by atoms with van der Waals surface area (Å²) in [6.07, 6.45) is 1.03. The van der Waals surface area contributed by atoms with Crippen LogP contribution in [0.4, 0.5) is 16.1 Å². The van der Waals surface area contributed by atoms with E-state index in [1.807, 2.05) is 6.92 Å². The number of hydrogen-bond acceptors (Lipinski definition) is 6.